The first-order valence-electron chi connectivity index (χ1n) is 17.1. The van der Waals surface area contributed by atoms with Crippen LogP contribution in [0.5, 0.6) is 0 Å². The third-order valence-electron chi connectivity index (χ3n) is 10.4. The van der Waals surface area contributed by atoms with Crippen LogP contribution in [0.3, 0.4) is 0 Å². The van der Waals surface area contributed by atoms with E-state index in [1.165, 1.54) is 0 Å². The van der Waals surface area contributed by atoms with E-state index >= 15 is 0 Å². The minimum atomic E-state index is -0.535. The molecule has 4 aliphatic rings. The molecule has 0 spiro atoms. The summed E-state index contributed by atoms with van der Waals surface area (Å²) in [6, 6.07) is 16.9. The Bertz CT molecular complexity index is 1740. The molecule has 4 heterocycles. The first-order valence-corrected chi connectivity index (χ1v) is 17.1. The number of carbonyl (C=O) groups is 2. The van der Waals surface area contributed by atoms with E-state index in [1.54, 1.807) is 0 Å². The summed E-state index contributed by atoms with van der Waals surface area (Å²) in [6.45, 7) is 12.8. The van der Waals surface area contributed by atoms with Crippen LogP contribution in [0.25, 0.3) is 33.6 Å². The molecule has 2 aromatic heterocycles. The van der Waals surface area contributed by atoms with Gasteiger partial charge in [0.2, 0.25) is 0 Å². The average molecular weight is 649 g/mol. The maximum absolute atomic E-state index is 13.0. The largest absolute Gasteiger partial charge is 0.444 e. The van der Waals surface area contributed by atoms with Crippen LogP contribution >= 0.6 is 0 Å². The number of piperidine rings is 2. The number of hydrogen-bond donors (Lipinski definition) is 2. The molecule has 2 aliphatic heterocycles. The van der Waals surface area contributed by atoms with Crippen LogP contribution in [-0.2, 0) is 20.6 Å². The summed E-state index contributed by atoms with van der Waals surface area (Å²) in [5.74, 6) is 2.52. The minimum absolute atomic E-state index is 0.265. The first-order chi connectivity index (χ1) is 22.8. The predicted octanol–water partition coefficient (Wildman–Crippen LogP) is 7.85. The molecule has 2 N–H and O–H groups in total. The van der Waals surface area contributed by atoms with Crippen molar-refractivity contribution in [2.45, 2.75) is 89.5 Å². The summed E-state index contributed by atoms with van der Waals surface area (Å²) >= 11 is 0. The van der Waals surface area contributed by atoms with Gasteiger partial charge in [-0.05, 0) is 101 Å². The van der Waals surface area contributed by atoms with Crippen molar-refractivity contribution in [1.82, 2.24) is 29.7 Å². The highest BCUT2D eigenvalue weighted by molar-refractivity contribution is 5.74. The molecular formula is C38H44N6O4. The average Bonchev–Trinajstić information content (AvgIpc) is 3.54. The van der Waals surface area contributed by atoms with Crippen molar-refractivity contribution >= 4 is 12.2 Å². The van der Waals surface area contributed by atoms with Gasteiger partial charge in [0.15, 0.2) is 0 Å². The Hall–Kier alpha value is -4.60. The second-order valence-corrected chi connectivity index (χ2v) is 15.9. The topological polar surface area (TPSA) is 116 Å². The van der Waals surface area contributed by atoms with Crippen molar-refractivity contribution in [2.75, 3.05) is 13.1 Å². The Balaban J connectivity index is 0.953. The van der Waals surface area contributed by atoms with Gasteiger partial charge in [0, 0.05) is 13.1 Å². The van der Waals surface area contributed by atoms with Crippen LogP contribution in [0, 0.1) is 11.8 Å². The van der Waals surface area contributed by atoms with Crippen molar-refractivity contribution in [3.05, 3.63) is 72.6 Å². The number of aromatic nitrogens is 4. The number of imidazole rings is 2. The Labute approximate surface area is 281 Å². The van der Waals surface area contributed by atoms with E-state index < -0.39 is 11.2 Å². The van der Waals surface area contributed by atoms with Crippen molar-refractivity contribution in [3.63, 3.8) is 0 Å². The van der Waals surface area contributed by atoms with Gasteiger partial charge in [-0.2, -0.15) is 0 Å². The SMILES string of the molecule is CC(C)(C)OC(=O)N1CCC2CC21c1ncc(-c2ccc(-c3ccc(-c4cnc(C56C[C@@H]5CCN6C(=O)OC(C)(C)C)[nH]4)cc3)cc2)[nH]1. The maximum atomic E-state index is 13.0. The van der Waals surface area contributed by atoms with Crippen LogP contribution in [0.2, 0.25) is 0 Å². The molecule has 0 bridgehead atoms. The predicted molar refractivity (Wildman–Crippen MR) is 182 cm³/mol. The second-order valence-electron chi connectivity index (χ2n) is 15.9. The number of nitrogens with zero attached hydrogens (tertiary/aromatic N) is 4. The van der Waals surface area contributed by atoms with E-state index in [4.69, 9.17) is 19.4 Å². The summed E-state index contributed by atoms with van der Waals surface area (Å²) < 4.78 is 11.4. The lowest BCUT2D eigenvalue weighted by Crippen LogP contribution is -2.42. The lowest BCUT2D eigenvalue weighted by molar-refractivity contribution is 0.0151. The molecule has 10 heteroatoms. The van der Waals surface area contributed by atoms with Gasteiger partial charge < -0.3 is 19.4 Å². The first kappa shape index (κ1) is 30.7. The maximum Gasteiger partial charge on any atom is 0.411 e. The molecule has 10 nitrogen and oxygen atoms in total. The molecule has 4 fully saturated rings. The van der Waals surface area contributed by atoms with Gasteiger partial charge in [0.05, 0.1) is 23.8 Å². The summed E-state index contributed by atoms with van der Waals surface area (Å²) in [4.78, 5) is 46.3. The smallest absolute Gasteiger partial charge is 0.411 e. The van der Waals surface area contributed by atoms with E-state index in [2.05, 4.69) is 58.5 Å². The van der Waals surface area contributed by atoms with Gasteiger partial charge in [-0.25, -0.2) is 19.6 Å². The molecule has 2 aromatic carbocycles. The zero-order chi connectivity index (χ0) is 33.6. The van der Waals surface area contributed by atoms with Crippen LogP contribution in [0.4, 0.5) is 9.59 Å². The molecule has 4 atom stereocenters. The highest BCUT2D eigenvalue weighted by Gasteiger charge is 2.68. The number of rotatable bonds is 5. The number of likely N-dealkylation sites (tertiary alicyclic amines) is 2. The third kappa shape index (κ3) is 5.07. The number of H-pyrrole nitrogens is 2. The summed E-state index contributed by atoms with van der Waals surface area (Å²) in [5.41, 5.74) is 4.34. The Morgan fingerprint density at radius 2 is 1.00 bits per heavy atom. The lowest BCUT2D eigenvalue weighted by Gasteiger charge is -2.30. The molecule has 2 saturated heterocycles. The van der Waals surface area contributed by atoms with Crippen molar-refractivity contribution < 1.29 is 19.1 Å². The zero-order valence-corrected chi connectivity index (χ0v) is 28.6. The van der Waals surface area contributed by atoms with Crippen molar-refractivity contribution in [1.29, 1.82) is 0 Å². The van der Waals surface area contributed by atoms with Crippen LogP contribution in [0.1, 0.15) is 78.9 Å². The Kier molecular flexibility index (Phi) is 6.69. The molecule has 3 unspecified atom stereocenters. The van der Waals surface area contributed by atoms with Crippen molar-refractivity contribution in [3.8, 4) is 33.6 Å². The van der Waals surface area contributed by atoms with E-state index in [-0.39, 0.29) is 23.3 Å². The Morgan fingerprint density at radius 3 is 1.33 bits per heavy atom. The van der Waals surface area contributed by atoms with E-state index in [0.29, 0.717) is 24.9 Å². The fourth-order valence-corrected chi connectivity index (χ4v) is 7.98. The molecule has 4 aromatic rings. The Morgan fingerprint density at radius 1 is 0.646 bits per heavy atom. The normalized spacial score (nSPS) is 25.9. The van der Waals surface area contributed by atoms with Gasteiger partial charge in [-0.1, -0.05) is 48.5 Å². The fraction of sp³-hybridized carbons (Fsp3) is 0.474. The van der Waals surface area contributed by atoms with Crippen LogP contribution in [-0.4, -0.2) is 66.2 Å². The number of fused-ring (bicyclic) bond motifs is 2. The minimum Gasteiger partial charge on any atom is -0.444 e. The quantitative estimate of drug-likeness (QED) is 0.228. The zero-order valence-electron chi connectivity index (χ0n) is 28.6. The summed E-state index contributed by atoms with van der Waals surface area (Å²) in [7, 11) is 0. The highest BCUT2D eigenvalue weighted by Crippen LogP contribution is 2.63. The van der Waals surface area contributed by atoms with E-state index in [0.717, 1.165) is 71.0 Å². The summed E-state index contributed by atoms with van der Waals surface area (Å²) in [5, 5.41) is 0. The lowest BCUT2D eigenvalue weighted by atomic mass is 10.0. The van der Waals surface area contributed by atoms with Gasteiger partial charge in [0.1, 0.15) is 33.9 Å². The van der Waals surface area contributed by atoms with E-state index in [1.807, 2.05) is 63.7 Å². The molecule has 2 amide bonds. The number of ether oxygens (including phenoxy) is 2. The molecule has 8 rings (SSSR count). The molecule has 2 saturated carbocycles. The second kappa shape index (κ2) is 10.4. The molecule has 0 radical (unpaired) electrons. The van der Waals surface area contributed by atoms with Crippen molar-refractivity contribution in [2.24, 2.45) is 11.8 Å². The van der Waals surface area contributed by atoms with Crippen LogP contribution in [0.15, 0.2) is 60.9 Å². The van der Waals surface area contributed by atoms with E-state index in [9.17, 15) is 9.59 Å². The van der Waals surface area contributed by atoms with Gasteiger partial charge in [-0.15, -0.1) is 0 Å². The fourth-order valence-electron chi connectivity index (χ4n) is 7.98. The third-order valence-corrected chi connectivity index (χ3v) is 10.4. The monoisotopic (exact) mass is 648 g/mol. The van der Waals surface area contributed by atoms with Crippen LogP contribution < -0.4 is 0 Å². The highest BCUT2D eigenvalue weighted by atomic mass is 16.6. The molecular weight excluding hydrogens is 604 g/mol. The van der Waals surface area contributed by atoms with Gasteiger partial charge in [-0.3, -0.25) is 9.80 Å². The molecule has 250 valence electrons. The molecule has 2 aliphatic carbocycles. The number of aromatic amines is 2. The number of amides is 2. The number of carbonyl (C=O) groups excluding carboxylic acids is 2. The molecule has 48 heavy (non-hydrogen) atoms. The number of hydrogen-bond acceptors (Lipinski definition) is 6. The van der Waals surface area contributed by atoms with Gasteiger partial charge >= 0.3 is 12.2 Å². The number of nitrogens with one attached hydrogen (secondary N) is 2. The summed E-state index contributed by atoms with van der Waals surface area (Å²) in [6.07, 6.45) is 6.98. The standard InChI is InChI=1S/C38H44N6O4/c1-35(2,3)47-33(45)43-17-15-27-19-37(27,43)31-39-21-29(41-31)25-11-7-23(8-12-25)24-9-13-26(14-10-24)30-22-40-32(42-30)38-20-28(38)16-18-44(38)34(46)48-36(4,5)6/h7-14,21-22,27-28H,15-20H2,1-6H3,(H,39,41)(H,40,42)/t27-,28?,37?,38?/m0/s1. The number of benzene rings is 2. The van der Waals surface area contributed by atoms with Gasteiger partial charge in [0.25, 0.3) is 0 Å².